The molecule has 1 amide bonds. The summed E-state index contributed by atoms with van der Waals surface area (Å²) in [6.45, 7) is 7.05. The maximum Gasteiger partial charge on any atom is 0.284 e. The number of nitrogens with two attached hydrogens (primary N) is 1. The molecule has 0 saturated carbocycles. The Morgan fingerprint density at radius 2 is 1.93 bits per heavy atom. The van der Waals surface area contributed by atoms with Gasteiger partial charge >= 0.3 is 0 Å². The van der Waals surface area contributed by atoms with Crippen molar-refractivity contribution in [1.29, 1.82) is 0 Å². The molecule has 0 aliphatic heterocycles. The van der Waals surface area contributed by atoms with E-state index < -0.39 is 12.0 Å². The van der Waals surface area contributed by atoms with Crippen LogP contribution in [-0.4, -0.2) is 36.2 Å². The Morgan fingerprint density at radius 3 is 2.50 bits per heavy atom. The van der Waals surface area contributed by atoms with Crippen LogP contribution in [0.25, 0.3) is 0 Å². The van der Waals surface area contributed by atoms with E-state index in [9.17, 15) is 9.90 Å². The number of hydrogen-bond donors (Lipinski definition) is 4. The van der Waals surface area contributed by atoms with Gasteiger partial charge in [-0.2, -0.15) is 0 Å². The Balaban J connectivity index is 1.92. The van der Waals surface area contributed by atoms with Gasteiger partial charge in [-0.3, -0.25) is 4.79 Å². The van der Waals surface area contributed by atoms with Crippen LogP contribution < -0.4 is 21.1 Å². The maximum absolute atomic E-state index is 11.1. The monoisotopic (exact) mass is 388 g/mol. The molecule has 152 valence electrons. The summed E-state index contributed by atoms with van der Waals surface area (Å²) >= 11 is 0. The second-order valence-corrected chi connectivity index (χ2v) is 6.46. The first-order chi connectivity index (χ1) is 13.4. The highest BCUT2D eigenvalue weighted by atomic mass is 16.5. The van der Waals surface area contributed by atoms with E-state index in [0.717, 1.165) is 11.3 Å². The number of furan rings is 1. The first kappa shape index (κ1) is 21.3. The van der Waals surface area contributed by atoms with Crippen LogP contribution in [0.15, 0.2) is 45.8 Å². The van der Waals surface area contributed by atoms with E-state index in [1.807, 2.05) is 45.0 Å². The third-order valence-corrected chi connectivity index (χ3v) is 3.74. The predicted molar refractivity (Wildman–Crippen MR) is 107 cm³/mol. The normalized spacial score (nSPS) is 12.7. The van der Waals surface area contributed by atoms with E-state index >= 15 is 0 Å². The molecule has 1 aromatic carbocycles. The number of aliphatic imine (C=N–C) groups is 1. The molecule has 8 nitrogen and oxygen atoms in total. The zero-order valence-electron chi connectivity index (χ0n) is 16.4. The number of rotatable bonds is 9. The highest BCUT2D eigenvalue weighted by Crippen LogP contribution is 2.18. The second kappa shape index (κ2) is 10.4. The molecule has 0 aliphatic carbocycles. The molecule has 2 rings (SSSR count). The molecule has 5 N–H and O–H groups in total. The van der Waals surface area contributed by atoms with Gasteiger partial charge in [0.05, 0.1) is 12.2 Å². The fourth-order valence-electron chi connectivity index (χ4n) is 2.45. The van der Waals surface area contributed by atoms with Gasteiger partial charge in [0.2, 0.25) is 0 Å². The number of nitrogens with one attached hydrogen (secondary N) is 2. The number of carbonyl (C=O) groups is 1. The van der Waals surface area contributed by atoms with Gasteiger partial charge in [0.15, 0.2) is 11.7 Å². The molecule has 1 unspecified atom stereocenters. The van der Waals surface area contributed by atoms with Crippen LogP contribution in [0.1, 0.15) is 48.8 Å². The smallest absolute Gasteiger partial charge is 0.284 e. The van der Waals surface area contributed by atoms with Gasteiger partial charge in [-0.1, -0.05) is 12.1 Å². The number of primary amides is 1. The summed E-state index contributed by atoms with van der Waals surface area (Å²) in [5.41, 5.74) is 5.95. The van der Waals surface area contributed by atoms with Gasteiger partial charge in [0, 0.05) is 13.1 Å². The molecule has 0 spiro atoms. The van der Waals surface area contributed by atoms with Gasteiger partial charge in [-0.25, -0.2) is 4.99 Å². The molecular formula is C20H28N4O4. The molecule has 1 atom stereocenters. The SMILES string of the molecule is CCNC(=NCc1ccc(C(N)=O)o1)NCC(O)c1ccc(OC(C)C)cc1. The van der Waals surface area contributed by atoms with Crippen molar-refractivity contribution in [1.82, 2.24) is 10.6 Å². The maximum atomic E-state index is 11.1. The van der Waals surface area contributed by atoms with Crippen LogP contribution in [0.3, 0.4) is 0 Å². The molecule has 0 aliphatic rings. The fraction of sp³-hybridized carbons (Fsp3) is 0.400. The summed E-state index contributed by atoms with van der Waals surface area (Å²) in [4.78, 5) is 15.5. The summed E-state index contributed by atoms with van der Waals surface area (Å²) < 4.78 is 10.9. The lowest BCUT2D eigenvalue weighted by Crippen LogP contribution is -2.39. The van der Waals surface area contributed by atoms with Crippen molar-refractivity contribution in [3.05, 3.63) is 53.5 Å². The summed E-state index contributed by atoms with van der Waals surface area (Å²) in [6, 6.07) is 10.5. The third kappa shape index (κ3) is 6.62. The average Bonchev–Trinajstić information content (AvgIpc) is 3.13. The Bertz CT molecular complexity index is 784. The molecule has 0 bridgehead atoms. The number of ether oxygens (including phenoxy) is 1. The van der Waals surface area contributed by atoms with Crippen molar-refractivity contribution in [3.63, 3.8) is 0 Å². The van der Waals surface area contributed by atoms with Gasteiger partial charge in [0.25, 0.3) is 5.91 Å². The summed E-state index contributed by atoms with van der Waals surface area (Å²) in [6.07, 6.45) is -0.605. The number of aliphatic hydroxyl groups is 1. The molecule has 0 fully saturated rings. The van der Waals surface area contributed by atoms with Crippen LogP contribution in [0.2, 0.25) is 0 Å². The van der Waals surface area contributed by atoms with Gasteiger partial charge in [-0.15, -0.1) is 0 Å². The van der Waals surface area contributed by atoms with E-state index in [1.165, 1.54) is 6.07 Å². The van der Waals surface area contributed by atoms with Gasteiger partial charge in [0.1, 0.15) is 18.1 Å². The Labute approximate surface area is 164 Å². The van der Waals surface area contributed by atoms with E-state index in [1.54, 1.807) is 6.07 Å². The van der Waals surface area contributed by atoms with Crippen LogP contribution in [-0.2, 0) is 6.54 Å². The summed E-state index contributed by atoms with van der Waals surface area (Å²) in [7, 11) is 0. The predicted octanol–water partition coefficient (Wildman–Crippen LogP) is 1.95. The quantitative estimate of drug-likeness (QED) is 0.385. The number of nitrogens with zero attached hydrogens (tertiary/aromatic N) is 1. The van der Waals surface area contributed by atoms with Gasteiger partial charge < -0.3 is 30.6 Å². The third-order valence-electron chi connectivity index (χ3n) is 3.74. The number of guanidine groups is 1. The Kier molecular flexibility index (Phi) is 7.88. The summed E-state index contributed by atoms with van der Waals surface area (Å²) in [5.74, 6) is 1.30. The van der Waals surface area contributed by atoms with Crippen LogP contribution >= 0.6 is 0 Å². The minimum Gasteiger partial charge on any atom is -0.491 e. The number of aliphatic hydroxyl groups excluding tert-OH is 1. The van der Waals surface area contributed by atoms with Crippen molar-refractivity contribution >= 4 is 11.9 Å². The number of benzene rings is 1. The van der Waals surface area contributed by atoms with Crippen molar-refractivity contribution in [2.45, 2.75) is 39.5 Å². The van der Waals surface area contributed by atoms with E-state index in [0.29, 0.717) is 18.3 Å². The lowest BCUT2D eigenvalue weighted by molar-refractivity contribution is 0.0972. The van der Waals surface area contributed by atoms with E-state index in [2.05, 4.69) is 15.6 Å². The summed E-state index contributed by atoms with van der Waals surface area (Å²) in [5, 5.41) is 16.6. The molecule has 28 heavy (non-hydrogen) atoms. The van der Waals surface area contributed by atoms with Crippen LogP contribution in [0, 0.1) is 0 Å². The van der Waals surface area contributed by atoms with Crippen molar-refractivity contribution in [3.8, 4) is 5.75 Å². The highest BCUT2D eigenvalue weighted by Gasteiger charge is 2.10. The molecule has 8 heteroatoms. The van der Waals surface area contributed by atoms with Crippen molar-refractivity contribution in [2.24, 2.45) is 10.7 Å². The number of amides is 1. The minimum atomic E-state index is -0.706. The second-order valence-electron chi connectivity index (χ2n) is 6.46. The lowest BCUT2D eigenvalue weighted by atomic mass is 10.1. The molecule has 1 heterocycles. The molecule has 2 aromatic rings. The zero-order valence-corrected chi connectivity index (χ0v) is 16.4. The lowest BCUT2D eigenvalue weighted by Gasteiger charge is -2.16. The fourth-order valence-corrected chi connectivity index (χ4v) is 2.45. The Morgan fingerprint density at radius 1 is 1.21 bits per heavy atom. The first-order valence-corrected chi connectivity index (χ1v) is 9.24. The van der Waals surface area contributed by atoms with Crippen LogP contribution in [0.4, 0.5) is 0 Å². The Hall–Kier alpha value is -3.00. The van der Waals surface area contributed by atoms with E-state index in [-0.39, 0.29) is 25.0 Å². The molecule has 1 aromatic heterocycles. The van der Waals surface area contributed by atoms with E-state index in [4.69, 9.17) is 14.9 Å². The van der Waals surface area contributed by atoms with Crippen LogP contribution in [0.5, 0.6) is 5.75 Å². The molecule has 0 radical (unpaired) electrons. The minimum absolute atomic E-state index is 0.100. The highest BCUT2D eigenvalue weighted by molar-refractivity contribution is 5.89. The van der Waals surface area contributed by atoms with Crippen molar-refractivity contribution < 1.29 is 19.1 Å². The number of hydrogen-bond acceptors (Lipinski definition) is 5. The standard InChI is InChI=1S/C20H28N4O4/c1-4-22-20(23-11-16-9-10-18(28-16)19(21)26)24-12-17(25)14-5-7-15(8-6-14)27-13(2)3/h5-10,13,17,25H,4,11-12H2,1-3H3,(H2,21,26)(H2,22,23,24). The largest absolute Gasteiger partial charge is 0.491 e. The average molecular weight is 388 g/mol. The van der Waals surface area contributed by atoms with Gasteiger partial charge in [-0.05, 0) is 50.6 Å². The topological polar surface area (TPSA) is 122 Å². The first-order valence-electron chi connectivity index (χ1n) is 9.24. The van der Waals surface area contributed by atoms with Crippen molar-refractivity contribution in [2.75, 3.05) is 13.1 Å². The number of carbonyl (C=O) groups excluding carboxylic acids is 1. The molecular weight excluding hydrogens is 360 g/mol. The molecule has 0 saturated heterocycles. The zero-order chi connectivity index (χ0) is 20.5.